The Hall–Kier alpha value is -0.330. The molecule has 0 aromatic rings. The maximum absolute atomic E-state index is 7.33. The molecule has 1 nitrogen and oxygen atoms in total. The van der Waals surface area contributed by atoms with E-state index in [1.54, 1.807) is 0 Å². The fraction of sp³-hybridized carbons (Fsp3) is 0.857. The minimum atomic E-state index is 0.975. The highest BCUT2D eigenvalue weighted by atomic mass is 14.4. The molecule has 1 aliphatic carbocycles. The number of rotatable bonds is 0. The smallest absolute Gasteiger partial charge is 0.00891 e. The monoisotopic (exact) mass is 111 g/mol. The van der Waals surface area contributed by atoms with Gasteiger partial charge in [0.1, 0.15) is 0 Å². The Labute approximate surface area is 50.6 Å². The molecule has 0 radical (unpaired) electrons. The van der Waals surface area contributed by atoms with Gasteiger partial charge in [-0.3, -0.25) is 0 Å². The van der Waals surface area contributed by atoms with Crippen LogP contribution in [-0.2, 0) is 0 Å². The van der Waals surface area contributed by atoms with E-state index in [9.17, 15) is 0 Å². The van der Waals surface area contributed by atoms with Crippen LogP contribution in [0, 0.1) is 5.41 Å². The predicted octanol–water partition coefficient (Wildman–Crippen LogP) is 2.36. The molecule has 1 saturated carbocycles. The summed E-state index contributed by atoms with van der Waals surface area (Å²) in [6, 6.07) is 0. The predicted molar refractivity (Wildman–Crippen MR) is 35.4 cm³/mol. The lowest BCUT2D eigenvalue weighted by Gasteiger charge is -1.91. The first kappa shape index (κ1) is 5.80. The minimum absolute atomic E-state index is 0.975. The second-order valence-electron chi connectivity index (χ2n) is 2.52. The van der Waals surface area contributed by atoms with Crippen LogP contribution >= 0.6 is 0 Å². The zero-order valence-electron chi connectivity index (χ0n) is 5.24. The quantitative estimate of drug-likeness (QED) is 0.464. The van der Waals surface area contributed by atoms with Gasteiger partial charge in [0.25, 0.3) is 0 Å². The molecule has 1 heteroatoms. The molecule has 8 heavy (non-hydrogen) atoms. The van der Waals surface area contributed by atoms with Crippen LogP contribution in [0.5, 0.6) is 0 Å². The first-order valence-corrected chi connectivity index (χ1v) is 3.46. The molecule has 0 aromatic heterocycles. The summed E-state index contributed by atoms with van der Waals surface area (Å²) < 4.78 is 0. The Balaban J connectivity index is 2.27. The Bertz CT molecular complexity index is 76.4. The summed E-state index contributed by atoms with van der Waals surface area (Å²) in [6.07, 6.45) is 7.36. The van der Waals surface area contributed by atoms with Crippen LogP contribution in [-0.4, -0.2) is 5.71 Å². The number of nitrogens with one attached hydrogen (secondary N) is 1. The van der Waals surface area contributed by atoms with Crippen molar-refractivity contribution in [3.63, 3.8) is 0 Å². The van der Waals surface area contributed by atoms with Gasteiger partial charge >= 0.3 is 0 Å². The normalized spacial score (nSPS) is 22.8. The van der Waals surface area contributed by atoms with Crippen molar-refractivity contribution >= 4 is 5.71 Å². The lowest BCUT2D eigenvalue weighted by molar-refractivity contribution is 0.702. The molecule has 0 saturated heterocycles. The molecule has 1 rings (SSSR count). The van der Waals surface area contributed by atoms with Gasteiger partial charge < -0.3 is 5.41 Å². The average Bonchev–Trinajstić information content (AvgIpc) is 1.94. The largest absolute Gasteiger partial charge is 0.310 e. The Kier molecular flexibility index (Phi) is 2.07. The molecule has 0 unspecified atom stereocenters. The number of hydrogen-bond donors (Lipinski definition) is 1. The summed E-state index contributed by atoms with van der Waals surface area (Å²) in [5, 5.41) is 7.33. The van der Waals surface area contributed by atoms with Crippen LogP contribution in [0.2, 0.25) is 0 Å². The standard InChI is InChI=1S/C7H13N/c8-7-5-3-1-2-4-6-7/h8H,1-6H2. The van der Waals surface area contributed by atoms with Crippen molar-refractivity contribution in [2.75, 3.05) is 0 Å². The first-order chi connectivity index (χ1) is 3.89. The summed E-state index contributed by atoms with van der Waals surface area (Å²) in [5.74, 6) is 0. The lowest BCUT2D eigenvalue weighted by atomic mass is 10.2. The van der Waals surface area contributed by atoms with Crippen LogP contribution < -0.4 is 0 Å². The van der Waals surface area contributed by atoms with Crippen molar-refractivity contribution in [2.45, 2.75) is 38.5 Å². The van der Waals surface area contributed by atoms with Gasteiger partial charge in [-0.2, -0.15) is 0 Å². The van der Waals surface area contributed by atoms with Gasteiger partial charge in [-0.15, -0.1) is 0 Å². The van der Waals surface area contributed by atoms with E-state index in [4.69, 9.17) is 5.41 Å². The summed E-state index contributed by atoms with van der Waals surface area (Å²) in [5.41, 5.74) is 0.975. The Morgan fingerprint density at radius 2 is 1.38 bits per heavy atom. The Morgan fingerprint density at radius 1 is 0.875 bits per heavy atom. The van der Waals surface area contributed by atoms with Crippen molar-refractivity contribution in [3.8, 4) is 0 Å². The van der Waals surface area contributed by atoms with Gasteiger partial charge in [0.05, 0.1) is 0 Å². The van der Waals surface area contributed by atoms with Crippen molar-refractivity contribution in [2.24, 2.45) is 0 Å². The molecule has 1 N–H and O–H groups in total. The molecule has 0 aliphatic heterocycles. The van der Waals surface area contributed by atoms with Crippen LogP contribution in [0.25, 0.3) is 0 Å². The van der Waals surface area contributed by atoms with Crippen LogP contribution in [0.15, 0.2) is 0 Å². The topological polar surface area (TPSA) is 23.9 Å². The van der Waals surface area contributed by atoms with Gasteiger partial charge in [-0.25, -0.2) is 0 Å². The molecule has 0 aromatic carbocycles. The summed E-state index contributed by atoms with van der Waals surface area (Å²) >= 11 is 0. The van der Waals surface area contributed by atoms with Gasteiger partial charge in [0, 0.05) is 5.71 Å². The third-order valence-corrected chi connectivity index (χ3v) is 1.71. The summed E-state index contributed by atoms with van der Waals surface area (Å²) in [7, 11) is 0. The second kappa shape index (κ2) is 2.85. The summed E-state index contributed by atoms with van der Waals surface area (Å²) in [4.78, 5) is 0. The van der Waals surface area contributed by atoms with Gasteiger partial charge in [-0.05, 0) is 25.7 Å². The third kappa shape index (κ3) is 1.65. The van der Waals surface area contributed by atoms with E-state index in [0.29, 0.717) is 0 Å². The van der Waals surface area contributed by atoms with E-state index < -0.39 is 0 Å². The van der Waals surface area contributed by atoms with E-state index in [1.807, 2.05) is 0 Å². The highest BCUT2D eigenvalue weighted by molar-refractivity contribution is 5.81. The highest BCUT2D eigenvalue weighted by Gasteiger charge is 2.01. The lowest BCUT2D eigenvalue weighted by Crippen LogP contribution is -1.90. The molecular weight excluding hydrogens is 98.1 g/mol. The van der Waals surface area contributed by atoms with Crippen molar-refractivity contribution in [3.05, 3.63) is 0 Å². The first-order valence-electron chi connectivity index (χ1n) is 3.46. The SMILES string of the molecule is N=C1CCCCCC1. The van der Waals surface area contributed by atoms with Gasteiger partial charge in [-0.1, -0.05) is 12.8 Å². The molecule has 0 atom stereocenters. The molecule has 0 amide bonds. The second-order valence-corrected chi connectivity index (χ2v) is 2.52. The van der Waals surface area contributed by atoms with Crippen molar-refractivity contribution in [1.82, 2.24) is 0 Å². The minimum Gasteiger partial charge on any atom is -0.310 e. The van der Waals surface area contributed by atoms with E-state index in [2.05, 4.69) is 0 Å². The van der Waals surface area contributed by atoms with Gasteiger partial charge in [0.15, 0.2) is 0 Å². The zero-order valence-corrected chi connectivity index (χ0v) is 5.24. The van der Waals surface area contributed by atoms with Crippen LogP contribution in [0.4, 0.5) is 0 Å². The maximum Gasteiger partial charge on any atom is 0.00891 e. The molecule has 0 spiro atoms. The average molecular weight is 111 g/mol. The number of hydrogen-bond acceptors (Lipinski definition) is 1. The zero-order chi connectivity index (χ0) is 5.82. The highest BCUT2D eigenvalue weighted by Crippen LogP contribution is 2.13. The van der Waals surface area contributed by atoms with Crippen molar-refractivity contribution in [1.29, 1.82) is 5.41 Å². The molecule has 1 fully saturated rings. The molecule has 0 heterocycles. The van der Waals surface area contributed by atoms with E-state index >= 15 is 0 Å². The van der Waals surface area contributed by atoms with E-state index in [1.165, 1.54) is 25.7 Å². The molecule has 46 valence electrons. The third-order valence-electron chi connectivity index (χ3n) is 1.71. The van der Waals surface area contributed by atoms with E-state index in [-0.39, 0.29) is 0 Å². The molecule has 0 bridgehead atoms. The van der Waals surface area contributed by atoms with E-state index in [0.717, 1.165) is 18.6 Å². The van der Waals surface area contributed by atoms with Crippen LogP contribution in [0.1, 0.15) is 38.5 Å². The van der Waals surface area contributed by atoms with Crippen LogP contribution in [0.3, 0.4) is 0 Å². The molecular formula is C7H13N. The fourth-order valence-corrected chi connectivity index (χ4v) is 1.16. The van der Waals surface area contributed by atoms with Gasteiger partial charge in [0.2, 0.25) is 0 Å². The Morgan fingerprint density at radius 3 is 1.88 bits per heavy atom. The molecule has 1 aliphatic rings. The maximum atomic E-state index is 7.33. The fourth-order valence-electron chi connectivity index (χ4n) is 1.16. The van der Waals surface area contributed by atoms with Crippen molar-refractivity contribution < 1.29 is 0 Å². The summed E-state index contributed by atoms with van der Waals surface area (Å²) in [6.45, 7) is 0.